The SMILES string of the molecule is CC[C@@H](C)NC(=O)[C@H](C)N(Cc1ccc(Br)cc1)C(=O)CN(c1cccc(C(F)(F)F)c1)S(=O)(=O)c1ccccc1. The summed E-state index contributed by atoms with van der Waals surface area (Å²) in [5.41, 5.74) is -0.734. The summed E-state index contributed by atoms with van der Waals surface area (Å²) >= 11 is 3.35. The molecule has 2 amide bonds. The number of nitrogens with zero attached hydrogens (tertiary/aromatic N) is 2. The number of hydrogen-bond donors (Lipinski definition) is 1. The average molecular weight is 655 g/mol. The van der Waals surface area contributed by atoms with Crippen molar-refractivity contribution in [1.29, 1.82) is 0 Å². The average Bonchev–Trinajstić information content (AvgIpc) is 2.95. The molecule has 0 heterocycles. The van der Waals surface area contributed by atoms with Gasteiger partial charge >= 0.3 is 6.18 Å². The first-order chi connectivity index (χ1) is 19.2. The van der Waals surface area contributed by atoms with Crippen LogP contribution in [0, 0.1) is 0 Å². The van der Waals surface area contributed by atoms with Gasteiger partial charge in [-0.1, -0.05) is 59.3 Å². The van der Waals surface area contributed by atoms with E-state index in [1.807, 2.05) is 13.8 Å². The van der Waals surface area contributed by atoms with Crippen molar-refractivity contribution < 1.29 is 31.2 Å². The van der Waals surface area contributed by atoms with E-state index in [4.69, 9.17) is 0 Å². The Morgan fingerprint density at radius 2 is 1.59 bits per heavy atom. The lowest BCUT2D eigenvalue weighted by atomic mass is 10.1. The number of rotatable bonds is 11. The third-order valence-electron chi connectivity index (χ3n) is 6.51. The van der Waals surface area contributed by atoms with Crippen LogP contribution in [-0.4, -0.2) is 43.8 Å². The fourth-order valence-corrected chi connectivity index (χ4v) is 5.61. The van der Waals surface area contributed by atoms with E-state index >= 15 is 0 Å². The van der Waals surface area contributed by atoms with Crippen LogP contribution in [0.1, 0.15) is 38.3 Å². The second-order valence-electron chi connectivity index (χ2n) is 9.51. The zero-order valence-corrected chi connectivity index (χ0v) is 25.1. The summed E-state index contributed by atoms with van der Waals surface area (Å²) in [5.74, 6) is -1.21. The third-order valence-corrected chi connectivity index (χ3v) is 8.82. The highest BCUT2D eigenvalue weighted by atomic mass is 79.9. The first-order valence-corrected chi connectivity index (χ1v) is 15.1. The first-order valence-electron chi connectivity index (χ1n) is 12.8. The van der Waals surface area contributed by atoms with Crippen LogP contribution in [0.3, 0.4) is 0 Å². The lowest BCUT2D eigenvalue weighted by Gasteiger charge is -2.32. The molecule has 12 heteroatoms. The van der Waals surface area contributed by atoms with Crippen LogP contribution in [0.5, 0.6) is 0 Å². The number of halogens is 4. The molecule has 0 unspecified atom stereocenters. The molecule has 0 aliphatic rings. The van der Waals surface area contributed by atoms with Crippen molar-refractivity contribution >= 4 is 43.5 Å². The highest BCUT2D eigenvalue weighted by Crippen LogP contribution is 2.33. The van der Waals surface area contributed by atoms with E-state index in [0.29, 0.717) is 22.4 Å². The third kappa shape index (κ3) is 8.32. The molecule has 3 aromatic rings. The zero-order valence-electron chi connectivity index (χ0n) is 22.7. The minimum absolute atomic E-state index is 0.0387. The molecular formula is C29H31BrF3N3O4S. The van der Waals surface area contributed by atoms with Gasteiger partial charge in [-0.3, -0.25) is 13.9 Å². The van der Waals surface area contributed by atoms with Gasteiger partial charge < -0.3 is 10.2 Å². The van der Waals surface area contributed by atoms with Crippen molar-refractivity contribution in [3.8, 4) is 0 Å². The Labute approximate surface area is 246 Å². The normalized spacial score (nSPS) is 13.2. The van der Waals surface area contributed by atoms with E-state index in [2.05, 4.69) is 21.2 Å². The monoisotopic (exact) mass is 653 g/mol. The van der Waals surface area contributed by atoms with Crippen LogP contribution in [0.15, 0.2) is 88.2 Å². The molecule has 0 bridgehead atoms. The molecule has 0 radical (unpaired) electrons. The van der Waals surface area contributed by atoms with Crippen molar-refractivity contribution in [1.82, 2.24) is 10.2 Å². The number of anilines is 1. The molecule has 0 spiro atoms. The second kappa shape index (κ2) is 13.5. The Hall–Kier alpha value is -3.38. The van der Waals surface area contributed by atoms with Crippen LogP contribution in [0.4, 0.5) is 18.9 Å². The second-order valence-corrected chi connectivity index (χ2v) is 12.3. The maximum absolute atomic E-state index is 13.9. The molecule has 0 aliphatic carbocycles. The summed E-state index contributed by atoms with van der Waals surface area (Å²) in [6.07, 6.45) is -4.09. The van der Waals surface area contributed by atoms with Crippen molar-refractivity contribution in [2.24, 2.45) is 0 Å². The molecule has 0 aliphatic heterocycles. The lowest BCUT2D eigenvalue weighted by Crippen LogP contribution is -2.52. The van der Waals surface area contributed by atoms with E-state index in [-0.39, 0.29) is 23.2 Å². The molecule has 7 nitrogen and oxygen atoms in total. The van der Waals surface area contributed by atoms with Gasteiger partial charge in [0.05, 0.1) is 16.1 Å². The van der Waals surface area contributed by atoms with Gasteiger partial charge in [0.25, 0.3) is 10.0 Å². The molecule has 0 saturated heterocycles. The highest BCUT2D eigenvalue weighted by molar-refractivity contribution is 9.10. The molecule has 2 atom stereocenters. The maximum atomic E-state index is 13.9. The molecule has 41 heavy (non-hydrogen) atoms. The minimum atomic E-state index is -4.74. The molecule has 3 rings (SSSR count). The smallest absolute Gasteiger partial charge is 0.352 e. The Balaban J connectivity index is 2.07. The van der Waals surface area contributed by atoms with Crippen molar-refractivity contribution in [2.45, 2.75) is 56.9 Å². The number of nitrogens with one attached hydrogen (secondary N) is 1. The summed E-state index contributed by atoms with van der Waals surface area (Å²) in [6, 6.07) is 16.7. The largest absolute Gasteiger partial charge is 0.416 e. The summed E-state index contributed by atoms with van der Waals surface area (Å²) < 4.78 is 69.5. The Bertz CT molecular complexity index is 1450. The Morgan fingerprint density at radius 1 is 0.951 bits per heavy atom. The standard InChI is InChI=1S/C29H31BrF3N3O4S/c1-4-20(2)34-28(38)21(3)35(18-22-13-15-24(30)16-14-22)27(37)19-36(41(39,40)26-11-6-5-7-12-26)25-10-8-9-23(17-25)29(31,32)33/h5-17,20-21H,4,18-19H2,1-3H3,(H,34,38)/t20-,21+/m1/s1. The van der Waals surface area contributed by atoms with Gasteiger partial charge in [0.15, 0.2) is 0 Å². The summed E-state index contributed by atoms with van der Waals surface area (Å²) in [4.78, 5) is 28.0. The number of hydrogen-bond acceptors (Lipinski definition) is 4. The van der Waals surface area contributed by atoms with E-state index in [9.17, 15) is 31.2 Å². The van der Waals surface area contributed by atoms with E-state index < -0.39 is 46.2 Å². The Morgan fingerprint density at radius 3 is 2.17 bits per heavy atom. The van der Waals surface area contributed by atoms with E-state index in [0.717, 1.165) is 16.6 Å². The minimum Gasteiger partial charge on any atom is -0.352 e. The van der Waals surface area contributed by atoms with Gasteiger partial charge in [-0.25, -0.2) is 8.42 Å². The van der Waals surface area contributed by atoms with Crippen LogP contribution in [-0.2, 0) is 32.3 Å². The predicted molar refractivity (Wildman–Crippen MR) is 154 cm³/mol. The summed E-state index contributed by atoms with van der Waals surface area (Å²) in [6.45, 7) is 4.35. The van der Waals surface area contributed by atoms with E-state index in [1.165, 1.54) is 42.2 Å². The number of benzene rings is 3. The quantitative estimate of drug-likeness (QED) is 0.275. The van der Waals surface area contributed by atoms with E-state index in [1.54, 1.807) is 30.3 Å². The molecular weight excluding hydrogens is 623 g/mol. The number of sulfonamides is 1. The topological polar surface area (TPSA) is 86.8 Å². The number of carbonyl (C=O) groups is 2. The van der Waals surface area contributed by atoms with Gasteiger partial charge in [-0.2, -0.15) is 13.2 Å². The highest BCUT2D eigenvalue weighted by Gasteiger charge is 2.35. The Kier molecular flexibility index (Phi) is 10.6. The molecule has 0 fully saturated rings. The lowest BCUT2D eigenvalue weighted by molar-refractivity contribution is -0.139. The van der Waals surface area contributed by atoms with Crippen molar-refractivity contribution in [3.05, 3.63) is 94.5 Å². The number of alkyl halides is 3. The number of carbonyl (C=O) groups excluding carboxylic acids is 2. The molecule has 1 N–H and O–H groups in total. The van der Waals surface area contributed by atoms with Gasteiger partial charge in [-0.15, -0.1) is 0 Å². The molecule has 0 aromatic heterocycles. The zero-order chi connectivity index (χ0) is 30.4. The van der Waals surface area contributed by atoms with Crippen molar-refractivity contribution in [3.63, 3.8) is 0 Å². The fraction of sp³-hybridized carbons (Fsp3) is 0.310. The molecule has 0 saturated carbocycles. The van der Waals surface area contributed by atoms with Gasteiger partial charge in [0.2, 0.25) is 11.8 Å². The fourth-order valence-electron chi connectivity index (χ4n) is 3.92. The predicted octanol–water partition coefficient (Wildman–Crippen LogP) is 6.00. The summed E-state index contributed by atoms with van der Waals surface area (Å²) in [7, 11) is -4.48. The van der Waals surface area contributed by atoms with Gasteiger partial charge in [0, 0.05) is 17.1 Å². The number of amides is 2. The molecule has 220 valence electrons. The van der Waals surface area contributed by atoms with Crippen LogP contribution >= 0.6 is 15.9 Å². The van der Waals surface area contributed by atoms with Crippen LogP contribution < -0.4 is 9.62 Å². The first kappa shape index (κ1) is 32.1. The van der Waals surface area contributed by atoms with Crippen LogP contribution in [0.2, 0.25) is 0 Å². The van der Waals surface area contributed by atoms with Gasteiger partial charge in [0.1, 0.15) is 12.6 Å². The van der Waals surface area contributed by atoms with Crippen LogP contribution in [0.25, 0.3) is 0 Å². The molecule has 3 aromatic carbocycles. The maximum Gasteiger partial charge on any atom is 0.416 e. The summed E-state index contributed by atoms with van der Waals surface area (Å²) in [5, 5.41) is 2.83. The van der Waals surface area contributed by atoms with Gasteiger partial charge in [-0.05, 0) is 68.3 Å². The van der Waals surface area contributed by atoms with Crippen molar-refractivity contribution in [2.75, 3.05) is 10.8 Å².